The molecule has 0 amide bonds. The lowest BCUT2D eigenvalue weighted by Gasteiger charge is -2.01. The summed E-state index contributed by atoms with van der Waals surface area (Å²) in [4.78, 5) is 1.13. The van der Waals surface area contributed by atoms with Crippen LogP contribution in [0.2, 0.25) is 0 Å². The second-order valence-corrected chi connectivity index (χ2v) is 7.51. The zero-order chi connectivity index (χ0) is 10.6. The van der Waals surface area contributed by atoms with Crippen LogP contribution in [0.15, 0.2) is 15.9 Å². The standard InChI is InChI=1S/C7H9BrClNO2S2/c8-7-2-1-6(13-7)3-4-10-14(11,12)5-9/h1-2,10H,3-5H2. The molecule has 0 radical (unpaired) electrons. The lowest BCUT2D eigenvalue weighted by Crippen LogP contribution is -2.26. The van der Waals surface area contributed by atoms with Crippen molar-refractivity contribution in [1.82, 2.24) is 4.72 Å². The van der Waals surface area contributed by atoms with Crippen LogP contribution in [0.5, 0.6) is 0 Å². The van der Waals surface area contributed by atoms with Gasteiger partial charge in [-0.15, -0.1) is 22.9 Å². The van der Waals surface area contributed by atoms with Crippen molar-refractivity contribution in [2.45, 2.75) is 6.42 Å². The Morgan fingerprint density at radius 3 is 2.71 bits per heavy atom. The summed E-state index contributed by atoms with van der Waals surface area (Å²) in [5.74, 6) is 0. The van der Waals surface area contributed by atoms with E-state index in [0.717, 1.165) is 8.66 Å². The highest BCUT2D eigenvalue weighted by Crippen LogP contribution is 2.22. The molecule has 0 aliphatic rings. The molecular weight excluding hydrogens is 310 g/mol. The van der Waals surface area contributed by atoms with Gasteiger partial charge in [0.25, 0.3) is 0 Å². The third-order valence-corrected chi connectivity index (χ3v) is 4.94. The minimum absolute atomic E-state index is 0.388. The van der Waals surface area contributed by atoms with Gasteiger partial charge < -0.3 is 0 Å². The van der Waals surface area contributed by atoms with Gasteiger partial charge in [-0.1, -0.05) is 0 Å². The van der Waals surface area contributed by atoms with E-state index in [1.165, 1.54) is 0 Å². The number of rotatable bonds is 5. The van der Waals surface area contributed by atoms with Gasteiger partial charge in [0.05, 0.1) is 3.79 Å². The number of nitrogens with one attached hydrogen (secondary N) is 1. The van der Waals surface area contributed by atoms with Crippen molar-refractivity contribution < 1.29 is 8.42 Å². The van der Waals surface area contributed by atoms with Crippen molar-refractivity contribution >= 4 is 48.9 Å². The molecule has 3 nitrogen and oxygen atoms in total. The number of hydrogen-bond donors (Lipinski definition) is 1. The maximum absolute atomic E-state index is 10.9. The first-order valence-corrected chi connectivity index (χ1v) is 7.60. The fraction of sp³-hybridized carbons (Fsp3) is 0.429. The summed E-state index contributed by atoms with van der Waals surface area (Å²) < 4.78 is 25.3. The van der Waals surface area contributed by atoms with Crippen molar-refractivity contribution in [2.75, 3.05) is 11.8 Å². The van der Waals surface area contributed by atoms with E-state index in [1.54, 1.807) is 11.3 Å². The summed E-state index contributed by atoms with van der Waals surface area (Å²) >= 11 is 10.2. The molecule has 1 aromatic heterocycles. The molecule has 0 unspecified atom stereocenters. The summed E-state index contributed by atoms with van der Waals surface area (Å²) in [5, 5.41) is -0.388. The molecule has 1 heterocycles. The van der Waals surface area contributed by atoms with E-state index in [2.05, 4.69) is 20.7 Å². The zero-order valence-corrected chi connectivity index (χ0v) is 11.1. The molecule has 1 N–H and O–H groups in total. The Hall–Kier alpha value is 0.380. The normalized spacial score (nSPS) is 11.9. The Bertz CT molecular complexity index is 390. The Kier molecular flexibility index (Phi) is 4.86. The molecule has 80 valence electrons. The summed E-state index contributed by atoms with van der Waals surface area (Å²) in [6, 6.07) is 3.90. The summed E-state index contributed by atoms with van der Waals surface area (Å²) in [7, 11) is -3.27. The van der Waals surface area contributed by atoms with Crippen LogP contribution in [-0.2, 0) is 16.4 Å². The second kappa shape index (κ2) is 5.46. The first kappa shape index (κ1) is 12.4. The lowest BCUT2D eigenvalue weighted by molar-refractivity contribution is 0.586. The number of sulfonamides is 1. The maximum atomic E-state index is 10.9. The van der Waals surface area contributed by atoms with Crippen LogP contribution in [0.25, 0.3) is 0 Å². The molecule has 0 spiro atoms. The number of halogens is 2. The Morgan fingerprint density at radius 1 is 1.50 bits per heavy atom. The SMILES string of the molecule is O=S(=O)(CCl)NCCc1ccc(Br)s1. The number of hydrogen-bond acceptors (Lipinski definition) is 3. The van der Waals surface area contributed by atoms with Gasteiger partial charge in [0.2, 0.25) is 10.0 Å². The molecule has 0 aliphatic heterocycles. The van der Waals surface area contributed by atoms with Gasteiger partial charge in [-0.3, -0.25) is 0 Å². The van der Waals surface area contributed by atoms with Crippen LogP contribution in [-0.4, -0.2) is 20.2 Å². The Labute approximate surface area is 101 Å². The van der Waals surface area contributed by atoms with Gasteiger partial charge in [-0.25, -0.2) is 13.1 Å². The van der Waals surface area contributed by atoms with Crippen LogP contribution in [0.4, 0.5) is 0 Å². The van der Waals surface area contributed by atoms with Gasteiger partial charge in [-0.2, -0.15) is 0 Å². The van der Waals surface area contributed by atoms with E-state index >= 15 is 0 Å². The van der Waals surface area contributed by atoms with Gasteiger partial charge in [0.15, 0.2) is 0 Å². The quantitative estimate of drug-likeness (QED) is 0.846. The topological polar surface area (TPSA) is 46.2 Å². The van der Waals surface area contributed by atoms with Crippen LogP contribution in [0, 0.1) is 0 Å². The van der Waals surface area contributed by atoms with Gasteiger partial charge >= 0.3 is 0 Å². The van der Waals surface area contributed by atoms with Crippen molar-refractivity contribution in [3.8, 4) is 0 Å². The fourth-order valence-electron chi connectivity index (χ4n) is 0.854. The first-order valence-electron chi connectivity index (χ1n) is 3.81. The largest absolute Gasteiger partial charge is 0.225 e. The van der Waals surface area contributed by atoms with E-state index < -0.39 is 10.0 Å². The molecule has 0 aliphatic carbocycles. The highest BCUT2D eigenvalue weighted by Gasteiger charge is 2.06. The lowest BCUT2D eigenvalue weighted by atomic mass is 10.3. The molecule has 14 heavy (non-hydrogen) atoms. The van der Waals surface area contributed by atoms with Crippen LogP contribution in [0.1, 0.15) is 4.88 Å². The Morgan fingerprint density at radius 2 is 2.21 bits per heavy atom. The van der Waals surface area contributed by atoms with Crippen molar-refractivity contribution in [2.24, 2.45) is 0 Å². The van der Waals surface area contributed by atoms with Crippen LogP contribution in [0.3, 0.4) is 0 Å². The zero-order valence-electron chi connectivity index (χ0n) is 7.16. The van der Waals surface area contributed by atoms with Crippen LogP contribution < -0.4 is 4.72 Å². The average Bonchev–Trinajstić information content (AvgIpc) is 2.51. The van der Waals surface area contributed by atoms with Crippen molar-refractivity contribution in [3.63, 3.8) is 0 Å². The van der Waals surface area contributed by atoms with E-state index in [4.69, 9.17) is 11.6 Å². The van der Waals surface area contributed by atoms with Crippen LogP contribution >= 0.6 is 38.9 Å². The number of thiophene rings is 1. The fourth-order valence-corrected chi connectivity index (χ4v) is 3.06. The summed E-state index contributed by atoms with van der Waals surface area (Å²) in [6.45, 7) is 0.391. The third-order valence-electron chi connectivity index (χ3n) is 1.47. The molecule has 0 aromatic carbocycles. The maximum Gasteiger partial charge on any atom is 0.225 e. The van der Waals surface area contributed by atoms with Crippen molar-refractivity contribution in [1.29, 1.82) is 0 Å². The molecule has 1 aromatic rings. The molecule has 0 saturated heterocycles. The predicted molar refractivity (Wildman–Crippen MR) is 63.4 cm³/mol. The number of alkyl halides is 1. The minimum Gasteiger partial charge on any atom is -0.214 e. The predicted octanol–water partition coefficient (Wildman–Crippen LogP) is 2.17. The third kappa shape index (κ3) is 4.27. The molecule has 0 saturated carbocycles. The molecular formula is C7H9BrClNO2S2. The molecule has 0 bridgehead atoms. The molecule has 0 fully saturated rings. The monoisotopic (exact) mass is 317 g/mol. The second-order valence-electron chi connectivity index (χ2n) is 2.57. The van der Waals surface area contributed by atoms with E-state index in [-0.39, 0.29) is 5.21 Å². The summed E-state index contributed by atoms with van der Waals surface area (Å²) in [6.07, 6.45) is 0.687. The Balaban J connectivity index is 2.36. The van der Waals surface area contributed by atoms with E-state index in [9.17, 15) is 8.42 Å². The van der Waals surface area contributed by atoms with Gasteiger partial charge in [0, 0.05) is 11.4 Å². The molecule has 1 rings (SSSR count). The smallest absolute Gasteiger partial charge is 0.214 e. The van der Waals surface area contributed by atoms with E-state index in [1.807, 2.05) is 12.1 Å². The van der Waals surface area contributed by atoms with Crippen molar-refractivity contribution in [3.05, 3.63) is 20.8 Å². The first-order chi connectivity index (χ1) is 6.53. The molecule has 0 atom stereocenters. The van der Waals surface area contributed by atoms with Gasteiger partial charge in [-0.05, 0) is 34.5 Å². The summed E-state index contributed by atoms with van der Waals surface area (Å²) in [5.41, 5.74) is 0. The minimum atomic E-state index is -3.27. The van der Waals surface area contributed by atoms with E-state index in [0.29, 0.717) is 13.0 Å². The molecule has 7 heteroatoms. The highest BCUT2D eigenvalue weighted by atomic mass is 79.9. The van der Waals surface area contributed by atoms with Gasteiger partial charge in [0.1, 0.15) is 5.21 Å². The highest BCUT2D eigenvalue weighted by molar-refractivity contribution is 9.11. The average molecular weight is 319 g/mol.